The SMILES string of the molecule is CN=C(NCc1cccnc1OCC(F)(F)F)NC1CCCCC1.I. The summed E-state index contributed by atoms with van der Waals surface area (Å²) >= 11 is 0. The number of ether oxygens (including phenoxy) is 1. The highest BCUT2D eigenvalue weighted by molar-refractivity contribution is 14.0. The number of halogens is 4. The van der Waals surface area contributed by atoms with Crippen LogP contribution in [0.15, 0.2) is 23.3 Å². The third kappa shape index (κ3) is 8.10. The van der Waals surface area contributed by atoms with Crippen LogP contribution in [0.1, 0.15) is 37.7 Å². The third-order valence-corrected chi connectivity index (χ3v) is 3.84. The van der Waals surface area contributed by atoms with E-state index in [-0.39, 0.29) is 36.4 Å². The second kappa shape index (κ2) is 10.7. The van der Waals surface area contributed by atoms with Crippen LogP contribution in [-0.4, -0.2) is 36.8 Å². The molecule has 9 heteroatoms. The molecular weight excluding hydrogens is 448 g/mol. The zero-order valence-electron chi connectivity index (χ0n) is 14.1. The van der Waals surface area contributed by atoms with Crippen molar-refractivity contribution >= 4 is 29.9 Å². The Bertz CT molecular complexity index is 548. The molecule has 1 aromatic heterocycles. The Hall–Kier alpha value is -1.26. The summed E-state index contributed by atoms with van der Waals surface area (Å²) in [5.41, 5.74) is 0.549. The van der Waals surface area contributed by atoms with Crippen molar-refractivity contribution in [2.45, 2.75) is 50.9 Å². The molecule has 142 valence electrons. The molecule has 2 N–H and O–H groups in total. The number of pyridine rings is 1. The van der Waals surface area contributed by atoms with Gasteiger partial charge < -0.3 is 15.4 Å². The lowest BCUT2D eigenvalue weighted by molar-refractivity contribution is -0.154. The van der Waals surface area contributed by atoms with Crippen LogP contribution in [0, 0.1) is 0 Å². The minimum Gasteiger partial charge on any atom is -0.468 e. The molecule has 1 aromatic rings. The summed E-state index contributed by atoms with van der Waals surface area (Å²) in [5.74, 6) is 0.614. The van der Waals surface area contributed by atoms with E-state index in [4.69, 9.17) is 4.74 Å². The van der Waals surface area contributed by atoms with Crippen LogP contribution < -0.4 is 15.4 Å². The normalized spacial score (nSPS) is 16.1. The molecule has 0 saturated heterocycles. The second-order valence-electron chi connectivity index (χ2n) is 5.78. The lowest BCUT2D eigenvalue weighted by atomic mass is 9.96. The van der Waals surface area contributed by atoms with E-state index in [0.717, 1.165) is 12.8 Å². The molecule has 0 bridgehead atoms. The number of hydrogen-bond acceptors (Lipinski definition) is 3. The van der Waals surface area contributed by atoms with E-state index >= 15 is 0 Å². The fourth-order valence-corrected chi connectivity index (χ4v) is 2.65. The van der Waals surface area contributed by atoms with Crippen LogP contribution in [0.25, 0.3) is 0 Å². The summed E-state index contributed by atoms with van der Waals surface area (Å²) in [5, 5.41) is 6.46. The summed E-state index contributed by atoms with van der Waals surface area (Å²) in [6.45, 7) is -1.07. The average molecular weight is 472 g/mol. The van der Waals surface area contributed by atoms with Crippen LogP contribution in [0.2, 0.25) is 0 Å². The summed E-state index contributed by atoms with van der Waals surface area (Å²) in [6.07, 6.45) is 2.89. The summed E-state index contributed by atoms with van der Waals surface area (Å²) < 4.78 is 41.7. The van der Waals surface area contributed by atoms with Gasteiger partial charge in [0.1, 0.15) is 0 Å². The molecule has 1 heterocycles. The number of alkyl halides is 3. The quantitative estimate of drug-likeness (QED) is 0.391. The Labute approximate surface area is 162 Å². The minimum absolute atomic E-state index is 0. The monoisotopic (exact) mass is 472 g/mol. The molecule has 1 aliphatic carbocycles. The van der Waals surface area contributed by atoms with E-state index < -0.39 is 12.8 Å². The Balaban J connectivity index is 0.00000312. The Kier molecular flexibility index (Phi) is 9.30. The fourth-order valence-electron chi connectivity index (χ4n) is 2.65. The highest BCUT2D eigenvalue weighted by Crippen LogP contribution is 2.20. The number of aliphatic imine (C=N–C) groups is 1. The maximum Gasteiger partial charge on any atom is 0.422 e. The molecule has 0 spiro atoms. The Morgan fingerprint density at radius 2 is 2.04 bits per heavy atom. The third-order valence-electron chi connectivity index (χ3n) is 3.84. The van der Waals surface area contributed by atoms with Crippen LogP contribution in [0.4, 0.5) is 13.2 Å². The molecular formula is C16H24F3IN4O. The molecule has 5 nitrogen and oxygen atoms in total. The Morgan fingerprint density at radius 1 is 1.32 bits per heavy atom. The smallest absolute Gasteiger partial charge is 0.422 e. The van der Waals surface area contributed by atoms with E-state index in [9.17, 15) is 13.2 Å². The molecule has 25 heavy (non-hydrogen) atoms. The van der Waals surface area contributed by atoms with Crippen molar-refractivity contribution in [3.05, 3.63) is 23.9 Å². The molecule has 0 atom stereocenters. The Morgan fingerprint density at radius 3 is 2.68 bits per heavy atom. The lowest BCUT2D eigenvalue weighted by Gasteiger charge is -2.25. The van der Waals surface area contributed by atoms with Crippen molar-refractivity contribution < 1.29 is 17.9 Å². The molecule has 1 fully saturated rings. The maximum atomic E-state index is 12.3. The van der Waals surface area contributed by atoms with Gasteiger partial charge in [-0.15, -0.1) is 24.0 Å². The molecule has 0 aliphatic heterocycles. The molecule has 1 saturated carbocycles. The summed E-state index contributed by atoms with van der Waals surface area (Å²) in [6, 6.07) is 3.73. The number of nitrogens with zero attached hydrogens (tertiary/aromatic N) is 2. The van der Waals surface area contributed by atoms with Crippen molar-refractivity contribution in [1.29, 1.82) is 0 Å². The molecule has 0 aromatic carbocycles. The number of rotatable bonds is 5. The molecule has 0 radical (unpaired) electrons. The zero-order chi connectivity index (χ0) is 17.4. The summed E-state index contributed by atoms with van der Waals surface area (Å²) in [4.78, 5) is 8.04. The maximum absolute atomic E-state index is 12.3. The van der Waals surface area contributed by atoms with Gasteiger partial charge in [0.15, 0.2) is 12.6 Å². The van der Waals surface area contributed by atoms with Gasteiger partial charge in [-0.2, -0.15) is 13.2 Å². The average Bonchev–Trinajstić information content (AvgIpc) is 2.57. The van der Waals surface area contributed by atoms with E-state index in [0.29, 0.717) is 17.6 Å². The van der Waals surface area contributed by atoms with Crippen molar-refractivity contribution in [3.63, 3.8) is 0 Å². The van der Waals surface area contributed by atoms with Gasteiger partial charge in [0.25, 0.3) is 0 Å². The van der Waals surface area contributed by atoms with Gasteiger partial charge in [0, 0.05) is 31.4 Å². The van der Waals surface area contributed by atoms with Crippen molar-refractivity contribution in [3.8, 4) is 5.88 Å². The van der Waals surface area contributed by atoms with Crippen LogP contribution in [-0.2, 0) is 6.54 Å². The fraction of sp³-hybridized carbons (Fsp3) is 0.625. The van der Waals surface area contributed by atoms with Gasteiger partial charge in [0.2, 0.25) is 5.88 Å². The second-order valence-corrected chi connectivity index (χ2v) is 5.78. The first kappa shape index (κ1) is 21.8. The molecule has 2 rings (SSSR count). The molecule has 1 aliphatic rings. The van der Waals surface area contributed by atoms with Crippen LogP contribution in [0.5, 0.6) is 5.88 Å². The lowest BCUT2D eigenvalue weighted by Crippen LogP contribution is -2.43. The van der Waals surface area contributed by atoms with Gasteiger partial charge in [0.05, 0.1) is 0 Å². The number of aromatic nitrogens is 1. The highest BCUT2D eigenvalue weighted by atomic mass is 127. The van der Waals surface area contributed by atoms with E-state index in [1.165, 1.54) is 25.5 Å². The first-order valence-corrected chi connectivity index (χ1v) is 8.08. The van der Waals surface area contributed by atoms with Crippen LogP contribution in [0.3, 0.4) is 0 Å². The van der Waals surface area contributed by atoms with Gasteiger partial charge in [-0.25, -0.2) is 4.98 Å². The van der Waals surface area contributed by atoms with Crippen molar-refractivity contribution in [2.75, 3.05) is 13.7 Å². The van der Waals surface area contributed by atoms with Gasteiger partial charge >= 0.3 is 6.18 Å². The highest BCUT2D eigenvalue weighted by Gasteiger charge is 2.29. The van der Waals surface area contributed by atoms with Crippen molar-refractivity contribution in [2.24, 2.45) is 4.99 Å². The topological polar surface area (TPSA) is 58.5 Å². The minimum atomic E-state index is -4.39. The summed E-state index contributed by atoms with van der Waals surface area (Å²) in [7, 11) is 1.67. The molecule has 0 amide bonds. The predicted molar refractivity (Wildman–Crippen MR) is 101 cm³/mol. The first-order valence-electron chi connectivity index (χ1n) is 8.08. The van der Waals surface area contributed by atoms with E-state index in [2.05, 4.69) is 20.6 Å². The van der Waals surface area contributed by atoms with Gasteiger partial charge in [-0.05, 0) is 18.9 Å². The number of guanidine groups is 1. The zero-order valence-corrected chi connectivity index (χ0v) is 16.4. The standard InChI is InChI=1S/C16H23F3N4O.HI/c1-20-15(23-13-7-3-2-4-8-13)22-10-12-6-5-9-21-14(12)24-11-16(17,18)19;/h5-6,9,13H,2-4,7-8,10-11H2,1H3,(H2,20,22,23);1H. The largest absolute Gasteiger partial charge is 0.468 e. The molecule has 0 unspecified atom stereocenters. The number of hydrogen-bond donors (Lipinski definition) is 2. The van der Waals surface area contributed by atoms with Gasteiger partial charge in [-0.1, -0.05) is 25.3 Å². The number of nitrogens with one attached hydrogen (secondary N) is 2. The van der Waals surface area contributed by atoms with Gasteiger partial charge in [-0.3, -0.25) is 4.99 Å². The van der Waals surface area contributed by atoms with Crippen LogP contribution >= 0.6 is 24.0 Å². The predicted octanol–water partition coefficient (Wildman–Crippen LogP) is 3.64. The van der Waals surface area contributed by atoms with Crippen molar-refractivity contribution in [1.82, 2.24) is 15.6 Å². The van der Waals surface area contributed by atoms with E-state index in [1.807, 2.05) is 0 Å². The first-order chi connectivity index (χ1) is 11.5. The van der Waals surface area contributed by atoms with E-state index in [1.54, 1.807) is 19.2 Å².